The van der Waals surface area contributed by atoms with Gasteiger partial charge in [0, 0.05) is 28.7 Å². The average Bonchev–Trinajstić information content (AvgIpc) is 3.24. The van der Waals surface area contributed by atoms with Crippen molar-refractivity contribution in [1.82, 2.24) is 29.9 Å². The van der Waals surface area contributed by atoms with Gasteiger partial charge in [0.1, 0.15) is 0 Å². The van der Waals surface area contributed by atoms with E-state index in [9.17, 15) is 0 Å². The van der Waals surface area contributed by atoms with Crippen LogP contribution in [0.4, 0.5) is 0 Å². The SMILES string of the molecule is CC(Sc1nnc(-c2c[nH]c3ccccc23)n1C1CC1)c1nc(-c2cccs2)no1. The topological polar surface area (TPSA) is 85.4 Å². The smallest absolute Gasteiger partial charge is 0.240 e. The molecule has 1 aromatic carbocycles. The van der Waals surface area contributed by atoms with Gasteiger partial charge in [-0.2, -0.15) is 4.98 Å². The molecule has 0 aliphatic heterocycles. The van der Waals surface area contributed by atoms with E-state index in [0.717, 1.165) is 45.2 Å². The fourth-order valence-electron chi connectivity index (χ4n) is 3.57. The summed E-state index contributed by atoms with van der Waals surface area (Å²) in [7, 11) is 0. The van der Waals surface area contributed by atoms with E-state index in [4.69, 9.17) is 4.52 Å². The lowest BCUT2D eigenvalue weighted by molar-refractivity contribution is 0.380. The van der Waals surface area contributed by atoms with Gasteiger partial charge < -0.3 is 9.51 Å². The van der Waals surface area contributed by atoms with E-state index < -0.39 is 0 Å². The molecule has 1 unspecified atom stereocenters. The van der Waals surface area contributed by atoms with Gasteiger partial charge in [0.15, 0.2) is 11.0 Å². The van der Waals surface area contributed by atoms with Gasteiger partial charge in [-0.3, -0.25) is 4.57 Å². The second kappa shape index (κ2) is 7.10. The minimum Gasteiger partial charge on any atom is -0.360 e. The van der Waals surface area contributed by atoms with Crippen molar-refractivity contribution in [2.24, 2.45) is 0 Å². The molecule has 0 spiro atoms. The van der Waals surface area contributed by atoms with Crippen LogP contribution in [0.2, 0.25) is 0 Å². The van der Waals surface area contributed by atoms with Gasteiger partial charge >= 0.3 is 0 Å². The highest BCUT2D eigenvalue weighted by atomic mass is 32.2. The van der Waals surface area contributed by atoms with Crippen molar-refractivity contribution >= 4 is 34.0 Å². The molecule has 9 heteroatoms. The molecule has 4 aromatic heterocycles. The first-order valence-corrected chi connectivity index (χ1v) is 11.6. The molecule has 0 bridgehead atoms. The van der Waals surface area contributed by atoms with E-state index >= 15 is 0 Å². The van der Waals surface area contributed by atoms with E-state index in [2.05, 4.69) is 55.0 Å². The summed E-state index contributed by atoms with van der Waals surface area (Å²) >= 11 is 3.21. The maximum absolute atomic E-state index is 5.54. The van der Waals surface area contributed by atoms with Crippen LogP contribution in [0.15, 0.2) is 57.7 Å². The monoisotopic (exact) mass is 434 g/mol. The summed E-state index contributed by atoms with van der Waals surface area (Å²) in [6, 6.07) is 12.7. The Morgan fingerprint density at radius 3 is 2.93 bits per heavy atom. The standard InChI is InChI=1S/C21H18N6OS2/c1-12(20-23-18(26-28-20)17-7-4-10-29-17)30-21-25-24-19(27(21)13-8-9-13)15-11-22-16-6-3-2-5-14(15)16/h2-7,10-13,22H,8-9H2,1H3. The number of aromatic amines is 1. The molecule has 30 heavy (non-hydrogen) atoms. The number of thioether (sulfide) groups is 1. The Kier molecular flexibility index (Phi) is 4.24. The van der Waals surface area contributed by atoms with Gasteiger partial charge in [0.25, 0.3) is 0 Å². The molecule has 1 aliphatic carbocycles. The summed E-state index contributed by atoms with van der Waals surface area (Å²) < 4.78 is 7.81. The number of aromatic nitrogens is 6. The van der Waals surface area contributed by atoms with Crippen molar-refractivity contribution in [3.8, 4) is 22.1 Å². The Morgan fingerprint density at radius 2 is 2.10 bits per heavy atom. The minimum absolute atomic E-state index is 0.0243. The summed E-state index contributed by atoms with van der Waals surface area (Å²) in [5, 5.41) is 17.3. The van der Waals surface area contributed by atoms with Crippen molar-refractivity contribution in [3.05, 3.63) is 53.9 Å². The van der Waals surface area contributed by atoms with Gasteiger partial charge in [0.05, 0.1) is 10.1 Å². The molecule has 1 atom stereocenters. The van der Waals surface area contributed by atoms with Crippen LogP contribution in [0.3, 0.4) is 0 Å². The van der Waals surface area contributed by atoms with E-state index in [0.29, 0.717) is 17.8 Å². The van der Waals surface area contributed by atoms with Crippen LogP contribution in [0.25, 0.3) is 33.0 Å². The predicted molar refractivity (Wildman–Crippen MR) is 117 cm³/mol. The molecule has 1 saturated carbocycles. The molecule has 4 heterocycles. The first-order valence-electron chi connectivity index (χ1n) is 9.83. The molecule has 0 saturated heterocycles. The molecule has 1 aliphatic rings. The average molecular weight is 435 g/mol. The van der Waals surface area contributed by atoms with Gasteiger partial charge in [-0.25, -0.2) is 0 Å². The van der Waals surface area contributed by atoms with Crippen LogP contribution in [0, 0.1) is 0 Å². The molecule has 0 radical (unpaired) electrons. The van der Waals surface area contributed by atoms with Gasteiger partial charge in [-0.15, -0.1) is 21.5 Å². The summed E-state index contributed by atoms with van der Waals surface area (Å²) in [5.74, 6) is 2.15. The Balaban J connectivity index is 1.33. The van der Waals surface area contributed by atoms with Crippen LogP contribution in [0.5, 0.6) is 0 Å². The molecule has 150 valence electrons. The van der Waals surface area contributed by atoms with Crippen LogP contribution in [0.1, 0.15) is 36.9 Å². The third-order valence-corrected chi connectivity index (χ3v) is 7.13. The number of benzene rings is 1. The maximum atomic E-state index is 5.54. The van der Waals surface area contributed by atoms with Crippen LogP contribution in [-0.4, -0.2) is 29.9 Å². The molecule has 1 N–H and O–H groups in total. The van der Waals surface area contributed by atoms with Crippen molar-refractivity contribution in [2.75, 3.05) is 0 Å². The number of nitrogens with one attached hydrogen (secondary N) is 1. The summed E-state index contributed by atoms with van der Waals surface area (Å²) in [4.78, 5) is 8.94. The third-order valence-electron chi connectivity index (χ3n) is 5.22. The zero-order valence-corrected chi connectivity index (χ0v) is 17.8. The number of para-hydroxylation sites is 1. The highest BCUT2D eigenvalue weighted by molar-refractivity contribution is 7.99. The summed E-state index contributed by atoms with van der Waals surface area (Å²) in [5.41, 5.74) is 2.19. The zero-order valence-electron chi connectivity index (χ0n) is 16.1. The number of nitrogens with zero attached hydrogens (tertiary/aromatic N) is 5. The second-order valence-corrected chi connectivity index (χ2v) is 9.60. The number of H-pyrrole nitrogens is 1. The predicted octanol–water partition coefficient (Wildman–Crippen LogP) is 5.73. The highest BCUT2D eigenvalue weighted by Gasteiger charge is 2.32. The summed E-state index contributed by atoms with van der Waals surface area (Å²) in [6.45, 7) is 2.06. The van der Waals surface area contributed by atoms with E-state index in [-0.39, 0.29) is 5.25 Å². The van der Waals surface area contributed by atoms with Gasteiger partial charge in [0.2, 0.25) is 11.7 Å². The van der Waals surface area contributed by atoms with Crippen molar-refractivity contribution < 1.29 is 4.52 Å². The normalized spacial score (nSPS) is 15.1. The molecule has 5 aromatic rings. The molecule has 0 amide bonds. The molecular formula is C21H18N6OS2. The third kappa shape index (κ3) is 3.05. The van der Waals surface area contributed by atoms with Gasteiger partial charge in [-0.05, 0) is 37.3 Å². The maximum Gasteiger partial charge on any atom is 0.240 e. The van der Waals surface area contributed by atoms with Crippen LogP contribution in [-0.2, 0) is 0 Å². The lowest BCUT2D eigenvalue weighted by atomic mass is 10.1. The number of hydrogen-bond donors (Lipinski definition) is 1. The minimum atomic E-state index is -0.0243. The Morgan fingerprint density at radius 1 is 1.20 bits per heavy atom. The Bertz CT molecular complexity index is 1310. The first kappa shape index (κ1) is 17.9. The van der Waals surface area contributed by atoms with Crippen LogP contribution >= 0.6 is 23.1 Å². The van der Waals surface area contributed by atoms with Crippen molar-refractivity contribution in [2.45, 2.75) is 36.2 Å². The Labute approximate surface area is 180 Å². The lowest BCUT2D eigenvalue weighted by Crippen LogP contribution is -2.01. The fourth-order valence-corrected chi connectivity index (χ4v) is 5.17. The van der Waals surface area contributed by atoms with Crippen molar-refractivity contribution in [3.63, 3.8) is 0 Å². The number of hydrogen-bond acceptors (Lipinski definition) is 7. The van der Waals surface area contributed by atoms with E-state index in [1.165, 1.54) is 0 Å². The van der Waals surface area contributed by atoms with E-state index in [1.54, 1.807) is 23.1 Å². The molecular weight excluding hydrogens is 416 g/mol. The fraction of sp³-hybridized carbons (Fsp3) is 0.238. The van der Waals surface area contributed by atoms with E-state index in [1.807, 2.05) is 29.8 Å². The number of thiophene rings is 1. The van der Waals surface area contributed by atoms with Crippen LogP contribution < -0.4 is 0 Å². The molecule has 7 nitrogen and oxygen atoms in total. The van der Waals surface area contributed by atoms with Crippen molar-refractivity contribution in [1.29, 1.82) is 0 Å². The molecule has 1 fully saturated rings. The highest BCUT2D eigenvalue weighted by Crippen LogP contribution is 2.44. The number of fused-ring (bicyclic) bond motifs is 1. The van der Waals surface area contributed by atoms with Gasteiger partial charge in [-0.1, -0.05) is 41.2 Å². The quantitative estimate of drug-likeness (QED) is 0.344. The number of rotatable bonds is 6. The second-order valence-electron chi connectivity index (χ2n) is 7.35. The Hall–Kier alpha value is -2.91. The zero-order chi connectivity index (χ0) is 20.1. The summed E-state index contributed by atoms with van der Waals surface area (Å²) in [6.07, 6.45) is 4.33. The lowest BCUT2D eigenvalue weighted by Gasteiger charge is -2.10. The largest absolute Gasteiger partial charge is 0.360 e. The molecule has 6 rings (SSSR count). The first-order chi connectivity index (χ1) is 14.8.